The summed E-state index contributed by atoms with van der Waals surface area (Å²) in [6, 6.07) is 27.8. The molecular formula is C28H25ClN2O3. The topological polar surface area (TPSA) is 58.6 Å². The first kappa shape index (κ1) is 23.3. The van der Waals surface area contributed by atoms with Gasteiger partial charge in [0.25, 0.3) is 11.8 Å². The molecule has 1 N–H and O–H groups in total. The van der Waals surface area contributed by atoms with Crippen LogP contribution in [0.3, 0.4) is 0 Å². The molecule has 1 atom stereocenters. The van der Waals surface area contributed by atoms with Crippen molar-refractivity contribution >= 4 is 45.6 Å². The van der Waals surface area contributed by atoms with Crippen LogP contribution in [0.5, 0.6) is 5.75 Å². The zero-order valence-corrected chi connectivity index (χ0v) is 19.8. The Morgan fingerprint density at radius 2 is 1.59 bits per heavy atom. The predicted molar refractivity (Wildman–Crippen MR) is 138 cm³/mol. The number of hydrogen-bond donors (Lipinski definition) is 1. The Bertz CT molecular complexity index is 1320. The molecule has 6 heteroatoms. The van der Waals surface area contributed by atoms with Gasteiger partial charge in [0.2, 0.25) is 0 Å². The molecule has 0 bridgehead atoms. The van der Waals surface area contributed by atoms with Crippen molar-refractivity contribution < 1.29 is 14.3 Å². The van der Waals surface area contributed by atoms with Gasteiger partial charge in [-0.3, -0.25) is 9.59 Å². The summed E-state index contributed by atoms with van der Waals surface area (Å²) in [4.78, 5) is 27.6. The van der Waals surface area contributed by atoms with Crippen LogP contribution in [-0.2, 0) is 4.79 Å². The smallest absolute Gasteiger partial charge is 0.265 e. The van der Waals surface area contributed by atoms with Gasteiger partial charge in [0.05, 0.1) is 10.7 Å². The number of amides is 2. The number of nitrogens with one attached hydrogen (secondary N) is 1. The van der Waals surface area contributed by atoms with E-state index in [1.807, 2.05) is 49.4 Å². The summed E-state index contributed by atoms with van der Waals surface area (Å²) >= 11 is 6.10. The molecule has 5 nitrogen and oxygen atoms in total. The Labute approximate surface area is 203 Å². The van der Waals surface area contributed by atoms with Crippen molar-refractivity contribution in [1.82, 2.24) is 0 Å². The van der Waals surface area contributed by atoms with E-state index in [-0.39, 0.29) is 11.8 Å². The molecule has 0 aliphatic rings. The van der Waals surface area contributed by atoms with Crippen molar-refractivity contribution in [2.24, 2.45) is 0 Å². The number of hydrogen-bond acceptors (Lipinski definition) is 3. The second-order valence-corrected chi connectivity index (χ2v) is 8.21. The van der Waals surface area contributed by atoms with Crippen LogP contribution in [0, 0.1) is 0 Å². The number of benzene rings is 4. The molecule has 4 aromatic carbocycles. The SMILES string of the molecule is CCN(C(=O)c1ccc(NC(=O)C(C)Oc2ccccc2Cl)cc1)c1cccc2ccccc12. The van der Waals surface area contributed by atoms with E-state index in [0.717, 1.165) is 16.5 Å². The molecule has 0 aliphatic heterocycles. The fourth-order valence-corrected chi connectivity index (χ4v) is 3.93. The lowest BCUT2D eigenvalue weighted by Gasteiger charge is -2.23. The number of nitrogens with zero attached hydrogens (tertiary/aromatic N) is 1. The normalized spacial score (nSPS) is 11.6. The lowest BCUT2D eigenvalue weighted by atomic mass is 10.1. The van der Waals surface area contributed by atoms with E-state index in [0.29, 0.717) is 28.6 Å². The second kappa shape index (κ2) is 10.4. The Morgan fingerprint density at radius 3 is 2.32 bits per heavy atom. The van der Waals surface area contributed by atoms with Gasteiger partial charge in [-0.2, -0.15) is 0 Å². The highest BCUT2D eigenvalue weighted by Crippen LogP contribution is 2.28. The minimum Gasteiger partial charge on any atom is -0.479 e. The number of para-hydroxylation sites is 1. The summed E-state index contributed by atoms with van der Waals surface area (Å²) in [5.41, 5.74) is 1.98. The maximum absolute atomic E-state index is 13.3. The lowest BCUT2D eigenvalue weighted by Crippen LogP contribution is -2.31. The molecule has 0 radical (unpaired) electrons. The second-order valence-electron chi connectivity index (χ2n) is 7.80. The van der Waals surface area contributed by atoms with Crippen LogP contribution >= 0.6 is 11.6 Å². The average molecular weight is 473 g/mol. The monoisotopic (exact) mass is 472 g/mol. The fraction of sp³-hybridized carbons (Fsp3) is 0.143. The third kappa shape index (κ3) is 5.05. The maximum Gasteiger partial charge on any atom is 0.265 e. The minimum absolute atomic E-state index is 0.104. The van der Waals surface area contributed by atoms with E-state index in [4.69, 9.17) is 16.3 Å². The largest absolute Gasteiger partial charge is 0.479 e. The van der Waals surface area contributed by atoms with E-state index in [2.05, 4.69) is 5.32 Å². The van der Waals surface area contributed by atoms with E-state index in [1.54, 1.807) is 60.4 Å². The van der Waals surface area contributed by atoms with Crippen molar-refractivity contribution in [2.45, 2.75) is 20.0 Å². The molecule has 172 valence electrons. The van der Waals surface area contributed by atoms with Gasteiger partial charge in [-0.15, -0.1) is 0 Å². The van der Waals surface area contributed by atoms with Gasteiger partial charge >= 0.3 is 0 Å². The molecule has 2 amide bonds. The van der Waals surface area contributed by atoms with E-state index < -0.39 is 6.10 Å². The Hall–Kier alpha value is -3.83. The maximum atomic E-state index is 13.3. The third-order valence-electron chi connectivity index (χ3n) is 5.53. The number of rotatable bonds is 7. The minimum atomic E-state index is -0.747. The molecule has 1 unspecified atom stereocenters. The molecule has 0 spiro atoms. The van der Waals surface area contributed by atoms with Crippen LogP contribution in [0.4, 0.5) is 11.4 Å². The summed E-state index contributed by atoms with van der Waals surface area (Å²) in [5.74, 6) is 0.0259. The van der Waals surface area contributed by atoms with Crippen LogP contribution < -0.4 is 15.0 Å². The Morgan fingerprint density at radius 1 is 0.912 bits per heavy atom. The van der Waals surface area contributed by atoms with Crippen LogP contribution in [-0.4, -0.2) is 24.5 Å². The summed E-state index contributed by atoms with van der Waals surface area (Å²) in [6.07, 6.45) is -0.747. The van der Waals surface area contributed by atoms with E-state index >= 15 is 0 Å². The highest BCUT2D eigenvalue weighted by atomic mass is 35.5. The van der Waals surface area contributed by atoms with Crippen LogP contribution in [0.15, 0.2) is 91.0 Å². The Kier molecular flexibility index (Phi) is 7.14. The predicted octanol–water partition coefficient (Wildman–Crippen LogP) is 6.57. The van der Waals surface area contributed by atoms with Gasteiger partial charge in [0, 0.05) is 23.2 Å². The summed E-state index contributed by atoms with van der Waals surface area (Å²) in [6.45, 7) is 4.14. The van der Waals surface area contributed by atoms with E-state index in [1.165, 1.54) is 0 Å². The van der Waals surface area contributed by atoms with Crippen molar-refractivity contribution in [3.8, 4) is 5.75 Å². The number of ether oxygens (including phenoxy) is 1. The van der Waals surface area contributed by atoms with Crippen molar-refractivity contribution in [1.29, 1.82) is 0 Å². The summed E-state index contributed by atoms with van der Waals surface area (Å²) in [7, 11) is 0. The van der Waals surface area contributed by atoms with Gasteiger partial charge in [-0.05, 0) is 61.7 Å². The molecule has 0 aromatic heterocycles. The number of halogens is 1. The Balaban J connectivity index is 1.46. The molecule has 0 heterocycles. The first-order chi connectivity index (χ1) is 16.5. The zero-order chi connectivity index (χ0) is 24.1. The molecule has 0 saturated heterocycles. The van der Waals surface area contributed by atoms with E-state index in [9.17, 15) is 9.59 Å². The summed E-state index contributed by atoms with van der Waals surface area (Å²) < 4.78 is 5.67. The van der Waals surface area contributed by atoms with Gasteiger partial charge in [-0.25, -0.2) is 0 Å². The van der Waals surface area contributed by atoms with Crippen LogP contribution in [0.2, 0.25) is 5.02 Å². The highest BCUT2D eigenvalue weighted by molar-refractivity contribution is 6.32. The molecule has 4 aromatic rings. The average Bonchev–Trinajstić information content (AvgIpc) is 2.86. The first-order valence-corrected chi connectivity index (χ1v) is 11.5. The molecule has 34 heavy (non-hydrogen) atoms. The van der Waals surface area contributed by atoms with Crippen molar-refractivity contribution in [2.75, 3.05) is 16.8 Å². The quantitative estimate of drug-likeness (QED) is 0.331. The third-order valence-corrected chi connectivity index (χ3v) is 5.84. The molecule has 0 fully saturated rings. The molecule has 4 rings (SSSR count). The van der Waals surface area contributed by atoms with Gasteiger partial charge in [0.1, 0.15) is 5.75 Å². The molecular weight excluding hydrogens is 448 g/mol. The number of fused-ring (bicyclic) bond motifs is 1. The van der Waals surface area contributed by atoms with Gasteiger partial charge in [0.15, 0.2) is 6.10 Å². The first-order valence-electron chi connectivity index (χ1n) is 11.1. The fourth-order valence-electron chi connectivity index (χ4n) is 3.75. The number of carbonyl (C=O) groups excluding carboxylic acids is 2. The summed E-state index contributed by atoms with van der Waals surface area (Å²) in [5, 5.41) is 5.36. The van der Waals surface area contributed by atoms with Gasteiger partial charge in [-0.1, -0.05) is 60.1 Å². The molecule has 0 aliphatic carbocycles. The van der Waals surface area contributed by atoms with Crippen LogP contribution in [0.1, 0.15) is 24.2 Å². The van der Waals surface area contributed by atoms with Gasteiger partial charge < -0.3 is 15.0 Å². The van der Waals surface area contributed by atoms with Crippen molar-refractivity contribution in [3.63, 3.8) is 0 Å². The zero-order valence-electron chi connectivity index (χ0n) is 19.0. The van der Waals surface area contributed by atoms with Crippen LogP contribution in [0.25, 0.3) is 10.8 Å². The van der Waals surface area contributed by atoms with Crippen molar-refractivity contribution in [3.05, 3.63) is 102 Å². The number of carbonyl (C=O) groups is 2. The molecule has 0 saturated carbocycles. The highest BCUT2D eigenvalue weighted by Gasteiger charge is 2.19. The standard InChI is InChI=1S/C28H25ClN2O3/c1-3-31(25-13-8-10-20-9-4-5-11-23(20)25)28(33)21-15-17-22(18-16-21)30-27(32)19(2)34-26-14-7-6-12-24(26)29/h4-19H,3H2,1-2H3,(H,30,32). The lowest BCUT2D eigenvalue weighted by molar-refractivity contribution is -0.122. The number of anilines is 2.